The summed E-state index contributed by atoms with van der Waals surface area (Å²) in [6.07, 6.45) is 3.35. The molecule has 0 spiro atoms. The highest BCUT2D eigenvalue weighted by atomic mass is 16.1. The Morgan fingerprint density at radius 1 is 1.50 bits per heavy atom. The fraction of sp³-hybridized carbons (Fsp3) is 0.700. The minimum absolute atomic E-state index is 0.0179. The normalized spacial score (nSPS) is 10.4. The fourth-order valence-corrected chi connectivity index (χ4v) is 1.25. The van der Waals surface area contributed by atoms with Crippen LogP contribution in [0.3, 0.4) is 0 Å². The van der Waals surface area contributed by atoms with Crippen LogP contribution in [0.2, 0.25) is 0 Å². The van der Waals surface area contributed by atoms with E-state index in [9.17, 15) is 4.79 Å². The molecule has 0 unspecified atom stereocenters. The molecule has 6 nitrogen and oxygen atoms in total. The second kappa shape index (κ2) is 6.95. The van der Waals surface area contributed by atoms with Gasteiger partial charge in [-0.2, -0.15) is 5.10 Å². The van der Waals surface area contributed by atoms with Gasteiger partial charge in [0.25, 0.3) is 0 Å². The molecule has 0 saturated heterocycles. The van der Waals surface area contributed by atoms with Gasteiger partial charge in [-0.1, -0.05) is 6.92 Å². The highest BCUT2D eigenvalue weighted by Crippen LogP contribution is 1.87. The zero-order chi connectivity index (χ0) is 11.8. The molecule has 0 bridgehead atoms. The maximum absolute atomic E-state index is 11.3. The van der Waals surface area contributed by atoms with Crippen molar-refractivity contribution in [2.75, 3.05) is 19.6 Å². The predicted octanol–water partition coefficient (Wildman–Crippen LogP) is -0.527. The molecule has 1 amide bonds. The van der Waals surface area contributed by atoms with Crippen molar-refractivity contribution in [1.82, 2.24) is 25.4 Å². The molecule has 0 aliphatic carbocycles. The number of aryl methyl sites for hydroxylation is 1. The smallest absolute Gasteiger partial charge is 0.233 e. The minimum Gasteiger partial charge on any atom is -0.355 e. The third-order valence-electron chi connectivity index (χ3n) is 2.03. The van der Waals surface area contributed by atoms with Crippen molar-refractivity contribution in [3.8, 4) is 0 Å². The molecule has 1 aromatic heterocycles. The van der Waals surface area contributed by atoms with Crippen LogP contribution in [0, 0.1) is 0 Å². The summed E-state index contributed by atoms with van der Waals surface area (Å²) < 4.78 is 1.65. The molecule has 0 aromatic carbocycles. The highest BCUT2D eigenvalue weighted by molar-refractivity contribution is 5.77. The van der Waals surface area contributed by atoms with Crippen molar-refractivity contribution in [2.24, 2.45) is 7.05 Å². The number of aromatic nitrogens is 3. The quantitative estimate of drug-likeness (QED) is 0.612. The molecule has 1 heterocycles. The van der Waals surface area contributed by atoms with E-state index in [2.05, 4.69) is 27.6 Å². The molecule has 2 N–H and O–H groups in total. The number of hydrogen-bond donors (Lipinski definition) is 2. The highest BCUT2D eigenvalue weighted by Gasteiger charge is 2.01. The lowest BCUT2D eigenvalue weighted by Gasteiger charge is -2.04. The molecule has 0 atom stereocenters. The molecule has 1 rings (SSSR count). The van der Waals surface area contributed by atoms with Gasteiger partial charge in [-0.15, -0.1) is 0 Å². The van der Waals surface area contributed by atoms with Crippen molar-refractivity contribution in [3.05, 3.63) is 12.2 Å². The summed E-state index contributed by atoms with van der Waals surface area (Å²) >= 11 is 0. The minimum atomic E-state index is 0.0179. The molecular weight excluding hydrogens is 206 g/mol. The number of rotatable bonds is 7. The van der Waals surface area contributed by atoms with Gasteiger partial charge in [0.2, 0.25) is 5.91 Å². The SMILES string of the molecule is CCCNCC(=O)NCCc1ncn(C)n1. The maximum atomic E-state index is 11.3. The Bertz CT molecular complexity index is 323. The largest absolute Gasteiger partial charge is 0.355 e. The Balaban J connectivity index is 2.08. The van der Waals surface area contributed by atoms with Crippen LogP contribution in [-0.4, -0.2) is 40.3 Å². The van der Waals surface area contributed by atoms with E-state index in [1.807, 2.05) is 7.05 Å². The summed E-state index contributed by atoms with van der Waals surface area (Å²) in [5.74, 6) is 0.772. The van der Waals surface area contributed by atoms with E-state index in [0.717, 1.165) is 18.8 Å². The third kappa shape index (κ3) is 4.88. The number of nitrogens with one attached hydrogen (secondary N) is 2. The van der Waals surface area contributed by atoms with Gasteiger partial charge < -0.3 is 10.6 Å². The first-order valence-electron chi connectivity index (χ1n) is 5.54. The van der Waals surface area contributed by atoms with E-state index in [4.69, 9.17) is 0 Å². The number of carbonyl (C=O) groups is 1. The first kappa shape index (κ1) is 12.6. The first-order chi connectivity index (χ1) is 7.72. The number of hydrogen-bond acceptors (Lipinski definition) is 4. The van der Waals surface area contributed by atoms with Crippen LogP contribution in [0.1, 0.15) is 19.2 Å². The lowest BCUT2D eigenvalue weighted by atomic mass is 10.4. The summed E-state index contributed by atoms with van der Waals surface area (Å²) in [4.78, 5) is 15.4. The number of carbonyl (C=O) groups excluding carboxylic acids is 1. The zero-order valence-corrected chi connectivity index (χ0v) is 9.86. The molecule has 0 aliphatic rings. The van der Waals surface area contributed by atoms with Crippen LogP contribution in [0.4, 0.5) is 0 Å². The molecule has 0 aliphatic heterocycles. The van der Waals surface area contributed by atoms with Crippen molar-refractivity contribution >= 4 is 5.91 Å². The third-order valence-corrected chi connectivity index (χ3v) is 2.03. The molecule has 90 valence electrons. The monoisotopic (exact) mass is 225 g/mol. The van der Waals surface area contributed by atoms with Gasteiger partial charge in [0.05, 0.1) is 6.54 Å². The second-order valence-corrected chi connectivity index (χ2v) is 3.61. The lowest BCUT2D eigenvalue weighted by Crippen LogP contribution is -2.35. The van der Waals surface area contributed by atoms with Gasteiger partial charge in [-0.3, -0.25) is 9.48 Å². The Hall–Kier alpha value is -1.43. The van der Waals surface area contributed by atoms with Crippen LogP contribution >= 0.6 is 0 Å². The summed E-state index contributed by atoms with van der Waals surface area (Å²) in [7, 11) is 1.82. The maximum Gasteiger partial charge on any atom is 0.233 e. The summed E-state index contributed by atoms with van der Waals surface area (Å²) in [5, 5.41) is 9.97. The van der Waals surface area contributed by atoms with Gasteiger partial charge >= 0.3 is 0 Å². The van der Waals surface area contributed by atoms with Crippen molar-refractivity contribution in [1.29, 1.82) is 0 Å². The molecule has 0 fully saturated rings. The van der Waals surface area contributed by atoms with E-state index in [1.165, 1.54) is 0 Å². The Morgan fingerprint density at radius 3 is 2.94 bits per heavy atom. The second-order valence-electron chi connectivity index (χ2n) is 3.61. The molecular formula is C10H19N5O. The van der Waals surface area contributed by atoms with E-state index in [-0.39, 0.29) is 5.91 Å². The van der Waals surface area contributed by atoms with Crippen LogP contribution in [0.25, 0.3) is 0 Å². The van der Waals surface area contributed by atoms with Gasteiger partial charge in [-0.05, 0) is 13.0 Å². The van der Waals surface area contributed by atoms with Crippen LogP contribution < -0.4 is 10.6 Å². The van der Waals surface area contributed by atoms with Crippen LogP contribution in [-0.2, 0) is 18.3 Å². The van der Waals surface area contributed by atoms with Gasteiger partial charge in [0, 0.05) is 20.0 Å². The van der Waals surface area contributed by atoms with E-state index < -0.39 is 0 Å². The fourth-order valence-electron chi connectivity index (χ4n) is 1.25. The predicted molar refractivity (Wildman–Crippen MR) is 60.9 cm³/mol. The average Bonchev–Trinajstić information content (AvgIpc) is 2.65. The standard InChI is InChI=1S/C10H19N5O/c1-3-5-11-7-10(16)12-6-4-9-13-8-15(2)14-9/h8,11H,3-7H2,1-2H3,(H,12,16). The zero-order valence-electron chi connectivity index (χ0n) is 9.86. The summed E-state index contributed by atoms with van der Waals surface area (Å²) in [5.41, 5.74) is 0. The Kier molecular flexibility index (Phi) is 5.49. The molecule has 0 radical (unpaired) electrons. The van der Waals surface area contributed by atoms with Gasteiger partial charge in [0.15, 0.2) is 5.82 Å². The lowest BCUT2D eigenvalue weighted by molar-refractivity contribution is -0.120. The van der Waals surface area contributed by atoms with Gasteiger partial charge in [0.1, 0.15) is 6.33 Å². The first-order valence-corrected chi connectivity index (χ1v) is 5.54. The molecule has 0 saturated carbocycles. The summed E-state index contributed by atoms with van der Waals surface area (Å²) in [6.45, 7) is 3.90. The summed E-state index contributed by atoms with van der Waals surface area (Å²) in [6, 6.07) is 0. The van der Waals surface area contributed by atoms with Crippen LogP contribution in [0.5, 0.6) is 0 Å². The molecule has 16 heavy (non-hydrogen) atoms. The number of nitrogens with zero attached hydrogens (tertiary/aromatic N) is 3. The Labute approximate surface area is 95.4 Å². The van der Waals surface area contributed by atoms with Crippen LogP contribution in [0.15, 0.2) is 6.33 Å². The van der Waals surface area contributed by atoms with E-state index in [1.54, 1.807) is 11.0 Å². The number of amides is 1. The van der Waals surface area contributed by atoms with E-state index >= 15 is 0 Å². The van der Waals surface area contributed by atoms with E-state index in [0.29, 0.717) is 19.5 Å². The molecule has 6 heteroatoms. The molecule has 1 aromatic rings. The van der Waals surface area contributed by atoms with Gasteiger partial charge in [-0.25, -0.2) is 4.98 Å². The van der Waals surface area contributed by atoms with Crippen molar-refractivity contribution < 1.29 is 4.79 Å². The average molecular weight is 225 g/mol. The topological polar surface area (TPSA) is 71.8 Å². The van der Waals surface area contributed by atoms with Crippen molar-refractivity contribution in [2.45, 2.75) is 19.8 Å². The van der Waals surface area contributed by atoms with Crippen molar-refractivity contribution in [3.63, 3.8) is 0 Å². The Morgan fingerprint density at radius 2 is 2.31 bits per heavy atom.